The predicted octanol–water partition coefficient (Wildman–Crippen LogP) is 2.05. The number of aryl methyl sites for hydroxylation is 3. The maximum Gasteiger partial charge on any atom is 0.179 e. The summed E-state index contributed by atoms with van der Waals surface area (Å²) in [4.78, 5) is 7.91. The van der Waals surface area contributed by atoms with Crippen LogP contribution in [0.15, 0.2) is 22.4 Å². The van der Waals surface area contributed by atoms with E-state index >= 15 is 0 Å². The summed E-state index contributed by atoms with van der Waals surface area (Å²) in [5.74, 6) is 1.61. The van der Waals surface area contributed by atoms with Crippen LogP contribution in [-0.4, -0.2) is 20.8 Å². The van der Waals surface area contributed by atoms with Crippen molar-refractivity contribution in [1.82, 2.24) is 15.1 Å². The molecule has 0 unspecified atom stereocenters. The Hall–Kier alpha value is -2.89. The number of nitrogens with zero attached hydrogens (tertiary/aromatic N) is 2. The van der Waals surface area contributed by atoms with Crippen molar-refractivity contribution in [2.24, 2.45) is 5.73 Å². The minimum atomic E-state index is 0.660. The molecule has 24 heavy (non-hydrogen) atoms. The average molecular weight is 324 g/mol. The van der Waals surface area contributed by atoms with E-state index in [4.69, 9.17) is 15.7 Å². The van der Waals surface area contributed by atoms with E-state index in [2.05, 4.69) is 27.3 Å². The Morgan fingerprint density at radius 2 is 1.92 bits per heavy atom. The number of aromatic nitrogens is 3. The summed E-state index contributed by atoms with van der Waals surface area (Å²) < 4.78 is 5.32. The Balaban J connectivity index is 2.40. The van der Waals surface area contributed by atoms with Crippen molar-refractivity contribution < 1.29 is 9.93 Å². The van der Waals surface area contributed by atoms with Gasteiger partial charge in [-0.05, 0) is 45.4 Å². The molecule has 0 aliphatic carbocycles. The monoisotopic (exact) mass is 324 g/mol. The maximum atomic E-state index is 6.11. The predicted molar refractivity (Wildman–Crippen MR) is 95.2 cm³/mol. The second kappa shape index (κ2) is 5.63. The Morgan fingerprint density at radius 3 is 2.46 bits per heavy atom. The fourth-order valence-electron chi connectivity index (χ4n) is 3.21. The number of nitrogens with two attached hydrogens (primary N) is 2. The number of nitrogens with one attached hydrogen (secondary N) is 1. The molecule has 0 fully saturated rings. The lowest BCUT2D eigenvalue weighted by molar-refractivity contribution is -0.111. The van der Waals surface area contributed by atoms with E-state index in [9.17, 15) is 0 Å². The number of hydrogen-bond acceptors (Lipinski definition) is 4. The zero-order chi connectivity index (χ0) is 17.6. The third-order valence-corrected chi connectivity index (χ3v) is 4.09. The second-order valence-corrected chi connectivity index (χ2v) is 6.18. The lowest BCUT2D eigenvalue weighted by Crippen LogP contribution is -2.39. The number of rotatable bonds is 3. The van der Waals surface area contributed by atoms with Gasteiger partial charge in [-0.2, -0.15) is 0 Å². The van der Waals surface area contributed by atoms with Crippen molar-refractivity contribution in [2.75, 3.05) is 0 Å². The molecule has 3 rings (SSSR count). The van der Waals surface area contributed by atoms with E-state index < -0.39 is 0 Å². The molecule has 6 heteroatoms. The van der Waals surface area contributed by atoms with Crippen LogP contribution in [0, 0.1) is 20.8 Å². The molecule has 0 saturated heterocycles. The number of hydrogen-bond donors (Lipinski definition) is 3. The highest BCUT2D eigenvalue weighted by Crippen LogP contribution is 2.34. The van der Waals surface area contributed by atoms with Crippen molar-refractivity contribution in [3.63, 3.8) is 0 Å². The van der Waals surface area contributed by atoms with Crippen LogP contribution in [0.25, 0.3) is 27.7 Å². The highest BCUT2D eigenvalue weighted by Gasteiger charge is 2.20. The van der Waals surface area contributed by atoms with E-state index in [0.717, 1.165) is 50.6 Å². The van der Waals surface area contributed by atoms with Gasteiger partial charge in [-0.3, -0.25) is 5.41 Å². The van der Waals surface area contributed by atoms with Crippen LogP contribution in [0.3, 0.4) is 0 Å². The van der Waals surface area contributed by atoms with E-state index in [1.54, 1.807) is 0 Å². The molecular weight excluding hydrogens is 302 g/mol. The molecule has 0 aliphatic heterocycles. The van der Waals surface area contributed by atoms with Gasteiger partial charge in [0.25, 0.3) is 0 Å². The van der Waals surface area contributed by atoms with Gasteiger partial charge < -0.3 is 15.2 Å². The molecule has 0 radical (unpaired) electrons. The number of aromatic amines is 1. The first-order valence-electron chi connectivity index (χ1n) is 7.79. The normalized spacial score (nSPS) is 12.5. The van der Waals surface area contributed by atoms with Gasteiger partial charge in [0.1, 0.15) is 11.6 Å². The zero-order valence-corrected chi connectivity index (χ0v) is 14.6. The summed E-state index contributed by atoms with van der Waals surface area (Å²) in [5.41, 5.74) is 13.8. The van der Waals surface area contributed by atoms with Crippen LogP contribution in [-0.2, 0) is 0 Å². The Morgan fingerprint density at radius 1 is 1.21 bits per heavy atom. The van der Waals surface area contributed by atoms with E-state index in [1.165, 1.54) is 0 Å². The van der Waals surface area contributed by atoms with Crippen LogP contribution in [0.5, 0.6) is 0 Å². The smallest absolute Gasteiger partial charge is 0.179 e. The van der Waals surface area contributed by atoms with Gasteiger partial charge in [0.2, 0.25) is 0 Å². The van der Waals surface area contributed by atoms with E-state index in [-0.39, 0.29) is 0 Å². The number of imidazole rings is 1. The maximum absolute atomic E-state index is 6.11. The standard InChI is InChI=1S/C18H21N5O/c1-8(19)16(9(2)20)14-6-13(17-10(3)23-24-11(17)4)7-15-18(14)22-12(5)21-15/h6-7,19H,20H2,1-5H3,(H,21,22)/p+1/b16-9+,19-8?. The van der Waals surface area contributed by atoms with Crippen molar-refractivity contribution in [3.05, 3.63) is 40.7 Å². The van der Waals surface area contributed by atoms with E-state index in [1.807, 2.05) is 34.6 Å². The summed E-state index contributed by atoms with van der Waals surface area (Å²) in [6.45, 7) is 9.46. The quantitative estimate of drug-likeness (QED) is 0.641. The minimum absolute atomic E-state index is 0.660. The molecule has 2 heterocycles. The second-order valence-electron chi connectivity index (χ2n) is 6.18. The first-order chi connectivity index (χ1) is 11.3. The fourth-order valence-corrected chi connectivity index (χ4v) is 3.21. The molecular formula is C18H22N5O+. The van der Waals surface area contributed by atoms with Gasteiger partial charge in [0.05, 0.1) is 22.3 Å². The SMILES string of the molecule is CC(=[NH2+])/C(=C(/C)N)c1cc(-c2c(C)noc2C)cc2[nH]c(C)nc12. The summed E-state index contributed by atoms with van der Waals surface area (Å²) in [7, 11) is 0. The lowest BCUT2D eigenvalue weighted by atomic mass is 9.94. The molecule has 1 aromatic carbocycles. The van der Waals surface area contributed by atoms with Crippen LogP contribution in [0.4, 0.5) is 0 Å². The summed E-state index contributed by atoms with van der Waals surface area (Å²) in [6.07, 6.45) is 0. The van der Waals surface area contributed by atoms with Crippen molar-refractivity contribution in [2.45, 2.75) is 34.6 Å². The minimum Gasteiger partial charge on any atom is -0.402 e. The molecule has 0 bridgehead atoms. The third kappa shape index (κ3) is 2.50. The first-order valence-corrected chi connectivity index (χ1v) is 7.79. The van der Waals surface area contributed by atoms with Crippen LogP contribution >= 0.6 is 0 Å². The zero-order valence-electron chi connectivity index (χ0n) is 14.6. The molecule has 0 spiro atoms. The Bertz CT molecular complexity index is 967. The van der Waals surface area contributed by atoms with Crippen LogP contribution in [0.2, 0.25) is 0 Å². The largest absolute Gasteiger partial charge is 0.402 e. The number of fused-ring (bicyclic) bond motifs is 1. The topological polar surface area (TPSA) is 106 Å². The molecule has 0 amide bonds. The van der Waals surface area contributed by atoms with Crippen LogP contribution < -0.4 is 11.1 Å². The molecule has 0 aliphatic rings. The van der Waals surface area contributed by atoms with Crippen molar-refractivity contribution >= 4 is 22.3 Å². The molecule has 5 N–H and O–H groups in total. The van der Waals surface area contributed by atoms with Gasteiger partial charge in [-0.25, -0.2) is 4.98 Å². The first kappa shape index (κ1) is 16.0. The third-order valence-electron chi connectivity index (χ3n) is 4.09. The Kier molecular flexibility index (Phi) is 3.75. The molecule has 3 aromatic rings. The van der Waals surface area contributed by atoms with Crippen molar-refractivity contribution in [1.29, 1.82) is 0 Å². The summed E-state index contributed by atoms with van der Waals surface area (Å²) in [5, 5.41) is 10.2. The number of H-pyrrole nitrogens is 1. The van der Waals surface area contributed by atoms with Gasteiger partial charge in [-0.1, -0.05) is 5.16 Å². The summed E-state index contributed by atoms with van der Waals surface area (Å²) >= 11 is 0. The molecule has 0 atom stereocenters. The fraction of sp³-hybridized carbons (Fsp3) is 0.278. The van der Waals surface area contributed by atoms with Crippen molar-refractivity contribution in [3.8, 4) is 11.1 Å². The average Bonchev–Trinajstić information content (AvgIpc) is 3.00. The van der Waals surface area contributed by atoms with E-state index in [0.29, 0.717) is 11.4 Å². The van der Waals surface area contributed by atoms with Crippen LogP contribution in [0.1, 0.15) is 36.7 Å². The highest BCUT2D eigenvalue weighted by atomic mass is 16.5. The highest BCUT2D eigenvalue weighted by molar-refractivity contribution is 6.23. The number of benzene rings is 1. The Labute approximate surface area is 140 Å². The van der Waals surface area contributed by atoms with Gasteiger partial charge >= 0.3 is 0 Å². The molecule has 2 aromatic heterocycles. The molecule has 0 saturated carbocycles. The van der Waals surface area contributed by atoms with Gasteiger partial charge in [-0.15, -0.1) is 0 Å². The molecule has 124 valence electrons. The molecule has 6 nitrogen and oxygen atoms in total. The van der Waals surface area contributed by atoms with Gasteiger partial charge in [0.15, 0.2) is 5.71 Å². The lowest BCUT2D eigenvalue weighted by Gasteiger charge is -2.10. The summed E-state index contributed by atoms with van der Waals surface area (Å²) in [6, 6.07) is 4.11. The van der Waals surface area contributed by atoms with Gasteiger partial charge in [0, 0.05) is 23.7 Å². The number of allylic oxidation sites excluding steroid dienone is 2.